The summed E-state index contributed by atoms with van der Waals surface area (Å²) >= 11 is 0. The number of esters is 1. The number of nitrogens with one attached hydrogen (secondary N) is 1. The third-order valence-corrected chi connectivity index (χ3v) is 3.73. The molecule has 0 saturated heterocycles. The van der Waals surface area contributed by atoms with Gasteiger partial charge in [-0.05, 0) is 12.8 Å². The van der Waals surface area contributed by atoms with Gasteiger partial charge in [0.2, 0.25) is 5.91 Å². The minimum Gasteiger partial charge on any atom is -0.481 e. The Hall–Kier alpha value is -1.63. The lowest BCUT2D eigenvalue weighted by atomic mass is 9.71. The molecule has 3 N–H and O–H groups in total. The van der Waals surface area contributed by atoms with Gasteiger partial charge < -0.3 is 20.3 Å². The van der Waals surface area contributed by atoms with Crippen molar-refractivity contribution in [2.75, 3.05) is 13.7 Å². The summed E-state index contributed by atoms with van der Waals surface area (Å²) in [6, 6.07) is 0. The Morgan fingerprint density at radius 3 is 2.35 bits per heavy atom. The van der Waals surface area contributed by atoms with Gasteiger partial charge in [-0.2, -0.15) is 0 Å². The van der Waals surface area contributed by atoms with Crippen LogP contribution in [0.25, 0.3) is 0 Å². The van der Waals surface area contributed by atoms with E-state index in [-0.39, 0.29) is 13.0 Å². The number of carboxylic acid groups (broad SMARTS) is 1. The molecule has 1 rings (SSSR count). The van der Waals surface area contributed by atoms with Gasteiger partial charge in [-0.15, -0.1) is 0 Å². The molecule has 20 heavy (non-hydrogen) atoms. The topological polar surface area (TPSA) is 113 Å². The lowest BCUT2D eigenvalue weighted by Crippen LogP contribution is -2.42. The summed E-state index contributed by atoms with van der Waals surface area (Å²) in [5.74, 6) is -2.27. The molecule has 7 heteroatoms. The SMILES string of the molecule is COC(=O)C(O)CNC(=O)CC1(C(=O)O)CCCCC1. The number of carbonyl (C=O) groups excluding carboxylic acids is 2. The Labute approximate surface area is 117 Å². The third-order valence-electron chi connectivity index (χ3n) is 3.73. The number of aliphatic carboxylic acids is 1. The maximum absolute atomic E-state index is 11.8. The van der Waals surface area contributed by atoms with Gasteiger partial charge >= 0.3 is 11.9 Å². The number of amides is 1. The number of carbonyl (C=O) groups is 3. The Morgan fingerprint density at radius 2 is 1.85 bits per heavy atom. The van der Waals surface area contributed by atoms with Crippen LogP contribution in [0.3, 0.4) is 0 Å². The van der Waals surface area contributed by atoms with E-state index in [0.717, 1.165) is 26.4 Å². The first-order valence-electron chi connectivity index (χ1n) is 6.67. The number of aliphatic hydroxyl groups is 1. The number of methoxy groups -OCH3 is 1. The zero-order valence-corrected chi connectivity index (χ0v) is 11.6. The fraction of sp³-hybridized carbons (Fsp3) is 0.769. The van der Waals surface area contributed by atoms with Crippen molar-refractivity contribution < 1.29 is 29.3 Å². The number of rotatable bonds is 6. The average molecular weight is 287 g/mol. The molecule has 0 bridgehead atoms. The van der Waals surface area contributed by atoms with Crippen molar-refractivity contribution in [3.8, 4) is 0 Å². The largest absolute Gasteiger partial charge is 0.481 e. The second-order valence-electron chi connectivity index (χ2n) is 5.17. The van der Waals surface area contributed by atoms with Crippen molar-refractivity contribution >= 4 is 17.8 Å². The number of aliphatic hydroxyl groups excluding tert-OH is 1. The number of hydrogen-bond acceptors (Lipinski definition) is 5. The molecule has 1 fully saturated rings. The van der Waals surface area contributed by atoms with Crippen molar-refractivity contribution in [2.45, 2.75) is 44.6 Å². The first-order chi connectivity index (χ1) is 9.41. The van der Waals surface area contributed by atoms with Crippen LogP contribution in [0.4, 0.5) is 0 Å². The first kappa shape index (κ1) is 16.4. The molecule has 0 radical (unpaired) electrons. The summed E-state index contributed by atoms with van der Waals surface area (Å²) in [6.07, 6.45) is 1.98. The molecule has 0 heterocycles. The predicted octanol–water partition coefficient (Wildman–Crippen LogP) is 0.0617. The summed E-state index contributed by atoms with van der Waals surface area (Å²) < 4.78 is 4.32. The summed E-state index contributed by atoms with van der Waals surface area (Å²) in [4.78, 5) is 34.2. The highest BCUT2D eigenvalue weighted by Gasteiger charge is 2.41. The van der Waals surface area contributed by atoms with Crippen molar-refractivity contribution in [1.29, 1.82) is 0 Å². The van der Waals surface area contributed by atoms with Crippen LogP contribution in [0.5, 0.6) is 0 Å². The van der Waals surface area contributed by atoms with Crippen molar-refractivity contribution in [3.05, 3.63) is 0 Å². The molecule has 7 nitrogen and oxygen atoms in total. The lowest BCUT2D eigenvalue weighted by Gasteiger charge is -2.32. The number of hydrogen-bond donors (Lipinski definition) is 3. The Balaban J connectivity index is 2.51. The highest BCUT2D eigenvalue weighted by Crippen LogP contribution is 2.39. The molecule has 0 aromatic carbocycles. The van der Waals surface area contributed by atoms with E-state index in [4.69, 9.17) is 0 Å². The molecule has 1 unspecified atom stereocenters. The van der Waals surface area contributed by atoms with Crippen molar-refractivity contribution in [1.82, 2.24) is 5.32 Å². The zero-order chi connectivity index (χ0) is 15.2. The highest BCUT2D eigenvalue weighted by atomic mass is 16.5. The monoisotopic (exact) mass is 287 g/mol. The van der Waals surface area contributed by atoms with E-state index in [1.807, 2.05) is 0 Å². The standard InChI is InChI=1S/C13H21NO6/c1-20-11(17)9(15)8-14-10(16)7-13(12(18)19)5-3-2-4-6-13/h9,15H,2-8H2,1H3,(H,14,16)(H,18,19). The minimum atomic E-state index is -1.43. The molecule has 0 aromatic heterocycles. The molecule has 0 spiro atoms. The highest BCUT2D eigenvalue weighted by molar-refractivity contribution is 5.85. The molecule has 114 valence electrons. The van der Waals surface area contributed by atoms with E-state index in [1.165, 1.54) is 0 Å². The molecule has 1 amide bonds. The van der Waals surface area contributed by atoms with Gasteiger partial charge in [-0.1, -0.05) is 19.3 Å². The molecule has 0 aromatic rings. The van der Waals surface area contributed by atoms with Gasteiger partial charge in [-0.3, -0.25) is 9.59 Å². The van der Waals surface area contributed by atoms with Crippen LogP contribution >= 0.6 is 0 Å². The van der Waals surface area contributed by atoms with Crippen LogP contribution in [-0.2, 0) is 19.1 Å². The van der Waals surface area contributed by atoms with E-state index < -0.39 is 29.4 Å². The quantitative estimate of drug-likeness (QED) is 0.595. The van der Waals surface area contributed by atoms with Gasteiger partial charge in [0.1, 0.15) is 0 Å². The third kappa shape index (κ3) is 4.19. The Bertz CT molecular complexity index is 375. The molecule has 0 aliphatic heterocycles. The predicted molar refractivity (Wildman–Crippen MR) is 68.8 cm³/mol. The van der Waals surface area contributed by atoms with Gasteiger partial charge in [0.05, 0.1) is 19.1 Å². The summed E-state index contributed by atoms with van der Waals surface area (Å²) in [6.45, 7) is -0.277. The van der Waals surface area contributed by atoms with Gasteiger partial charge in [0.25, 0.3) is 0 Å². The van der Waals surface area contributed by atoms with Crippen LogP contribution in [0.1, 0.15) is 38.5 Å². The van der Waals surface area contributed by atoms with Gasteiger partial charge in [0, 0.05) is 6.42 Å². The molecule has 1 aliphatic carbocycles. The van der Waals surface area contributed by atoms with Crippen LogP contribution in [-0.4, -0.2) is 47.8 Å². The Morgan fingerprint density at radius 1 is 1.25 bits per heavy atom. The van der Waals surface area contributed by atoms with Crippen LogP contribution in [0, 0.1) is 5.41 Å². The molecule has 1 aliphatic rings. The second-order valence-corrected chi connectivity index (χ2v) is 5.17. The van der Waals surface area contributed by atoms with E-state index in [2.05, 4.69) is 10.1 Å². The summed E-state index contributed by atoms with van der Waals surface area (Å²) in [5, 5.41) is 21.0. The molecule has 1 saturated carbocycles. The minimum absolute atomic E-state index is 0.129. The van der Waals surface area contributed by atoms with E-state index in [0.29, 0.717) is 12.8 Å². The molecular formula is C13H21NO6. The van der Waals surface area contributed by atoms with E-state index in [9.17, 15) is 24.6 Å². The van der Waals surface area contributed by atoms with Crippen LogP contribution in [0.2, 0.25) is 0 Å². The zero-order valence-electron chi connectivity index (χ0n) is 11.6. The Kier molecular flexibility index (Phi) is 5.94. The number of ether oxygens (including phenoxy) is 1. The van der Waals surface area contributed by atoms with E-state index >= 15 is 0 Å². The normalized spacial score (nSPS) is 18.9. The second kappa shape index (κ2) is 7.23. The lowest BCUT2D eigenvalue weighted by molar-refractivity contribution is -0.155. The molecular weight excluding hydrogens is 266 g/mol. The van der Waals surface area contributed by atoms with Gasteiger partial charge in [-0.25, -0.2) is 4.79 Å². The molecule has 1 atom stereocenters. The average Bonchev–Trinajstić information content (AvgIpc) is 2.44. The van der Waals surface area contributed by atoms with Crippen LogP contribution < -0.4 is 5.32 Å². The van der Waals surface area contributed by atoms with Crippen LogP contribution in [0.15, 0.2) is 0 Å². The van der Waals surface area contributed by atoms with E-state index in [1.54, 1.807) is 0 Å². The maximum atomic E-state index is 11.8. The summed E-state index contributed by atoms with van der Waals surface area (Å²) in [7, 11) is 1.13. The smallest absolute Gasteiger partial charge is 0.336 e. The first-order valence-corrected chi connectivity index (χ1v) is 6.67. The van der Waals surface area contributed by atoms with Crippen molar-refractivity contribution in [2.24, 2.45) is 5.41 Å². The van der Waals surface area contributed by atoms with Crippen molar-refractivity contribution in [3.63, 3.8) is 0 Å². The fourth-order valence-electron chi connectivity index (χ4n) is 2.49. The number of carboxylic acids is 1. The summed E-state index contributed by atoms with van der Waals surface area (Å²) in [5.41, 5.74) is -1.02. The van der Waals surface area contributed by atoms with Gasteiger partial charge in [0.15, 0.2) is 6.10 Å². The maximum Gasteiger partial charge on any atom is 0.336 e. The fourth-order valence-corrected chi connectivity index (χ4v) is 2.49.